The standard InChI is InChI=1S/C8H7BrO3/c9-5-3-1-2-4(6(3)10)7(5)12-8(2)11/h2-5,7H,1H2/t2-,3+,4+,5+,7+/m1/s1. The van der Waals surface area contributed by atoms with Gasteiger partial charge in [-0.25, -0.2) is 0 Å². The number of esters is 1. The molecule has 2 saturated carbocycles. The van der Waals surface area contributed by atoms with Gasteiger partial charge in [-0.15, -0.1) is 0 Å². The number of ketones is 1. The van der Waals surface area contributed by atoms with Crippen LogP contribution in [-0.4, -0.2) is 22.7 Å². The Bertz CT molecular complexity index is 288. The summed E-state index contributed by atoms with van der Waals surface area (Å²) in [5, 5.41) is 0. The van der Waals surface area contributed by atoms with Gasteiger partial charge >= 0.3 is 5.97 Å². The van der Waals surface area contributed by atoms with Crippen molar-refractivity contribution in [1.82, 2.24) is 0 Å². The monoisotopic (exact) mass is 230 g/mol. The average molecular weight is 231 g/mol. The predicted octanol–water partition coefficient (Wildman–Crippen LogP) is 0.510. The van der Waals surface area contributed by atoms with E-state index < -0.39 is 0 Å². The van der Waals surface area contributed by atoms with Gasteiger partial charge < -0.3 is 4.74 Å². The zero-order valence-electron chi connectivity index (χ0n) is 6.20. The fraction of sp³-hybridized carbons (Fsp3) is 0.750. The normalized spacial score (nSPS) is 54.9. The van der Waals surface area contributed by atoms with Crippen LogP contribution in [-0.2, 0) is 14.3 Å². The third-order valence-corrected chi connectivity index (χ3v) is 4.40. The van der Waals surface area contributed by atoms with E-state index in [0.29, 0.717) is 6.42 Å². The fourth-order valence-corrected chi connectivity index (χ4v) is 3.60. The second kappa shape index (κ2) is 1.92. The molecule has 64 valence electrons. The van der Waals surface area contributed by atoms with Crippen LogP contribution in [0.5, 0.6) is 0 Å². The van der Waals surface area contributed by atoms with Gasteiger partial charge in [0.1, 0.15) is 11.9 Å². The fourth-order valence-electron chi connectivity index (χ4n) is 2.69. The van der Waals surface area contributed by atoms with Gasteiger partial charge in [0.2, 0.25) is 0 Å². The van der Waals surface area contributed by atoms with Crippen molar-refractivity contribution in [2.75, 3.05) is 0 Å². The first kappa shape index (κ1) is 7.06. The van der Waals surface area contributed by atoms with Crippen molar-refractivity contribution in [3.63, 3.8) is 0 Å². The smallest absolute Gasteiger partial charge is 0.310 e. The third kappa shape index (κ3) is 0.563. The molecular formula is C8H7BrO3. The van der Waals surface area contributed by atoms with Crippen LogP contribution in [0.15, 0.2) is 0 Å². The lowest BCUT2D eigenvalue weighted by Crippen LogP contribution is -2.26. The molecule has 3 fully saturated rings. The van der Waals surface area contributed by atoms with Crippen molar-refractivity contribution in [3.05, 3.63) is 0 Å². The minimum absolute atomic E-state index is 0.0384. The molecule has 1 heterocycles. The van der Waals surface area contributed by atoms with Crippen molar-refractivity contribution in [2.45, 2.75) is 17.4 Å². The van der Waals surface area contributed by atoms with Crippen molar-refractivity contribution in [2.24, 2.45) is 17.8 Å². The van der Waals surface area contributed by atoms with Gasteiger partial charge in [0.25, 0.3) is 0 Å². The summed E-state index contributed by atoms with van der Waals surface area (Å²) in [7, 11) is 0. The molecule has 0 radical (unpaired) electrons. The highest BCUT2D eigenvalue weighted by molar-refractivity contribution is 9.09. The molecule has 3 nitrogen and oxygen atoms in total. The Labute approximate surface area is 77.6 Å². The van der Waals surface area contributed by atoms with Crippen LogP contribution >= 0.6 is 15.9 Å². The van der Waals surface area contributed by atoms with E-state index in [0.717, 1.165) is 0 Å². The molecule has 0 unspecified atom stereocenters. The maximum absolute atomic E-state index is 11.5. The molecule has 4 heteroatoms. The summed E-state index contributed by atoms with van der Waals surface area (Å²) in [5.74, 6) is -0.120. The second-order valence-corrected chi connectivity index (χ2v) is 4.78. The molecule has 0 spiro atoms. The molecule has 3 aliphatic rings. The molecule has 0 aromatic heterocycles. The number of halogens is 1. The van der Waals surface area contributed by atoms with Crippen LogP contribution in [0.3, 0.4) is 0 Å². The topological polar surface area (TPSA) is 43.4 Å². The summed E-state index contributed by atoms with van der Waals surface area (Å²) >= 11 is 3.42. The first-order valence-corrected chi connectivity index (χ1v) is 5.00. The molecular weight excluding hydrogens is 224 g/mol. The van der Waals surface area contributed by atoms with E-state index in [1.165, 1.54) is 0 Å². The summed E-state index contributed by atoms with van der Waals surface area (Å²) in [4.78, 5) is 22.8. The predicted molar refractivity (Wildman–Crippen MR) is 42.7 cm³/mol. The van der Waals surface area contributed by atoms with E-state index in [2.05, 4.69) is 15.9 Å². The first-order valence-electron chi connectivity index (χ1n) is 4.08. The number of ether oxygens (including phenoxy) is 1. The van der Waals surface area contributed by atoms with Crippen LogP contribution in [0.2, 0.25) is 0 Å². The average Bonchev–Trinajstić information content (AvgIpc) is 2.55. The van der Waals surface area contributed by atoms with Crippen molar-refractivity contribution < 1.29 is 14.3 Å². The van der Waals surface area contributed by atoms with Crippen LogP contribution in [0.4, 0.5) is 0 Å². The molecule has 0 aromatic rings. The van der Waals surface area contributed by atoms with Crippen LogP contribution in [0.1, 0.15) is 6.42 Å². The number of Topliss-reactive ketones (excluding diaryl/α,β-unsaturated/α-hetero) is 1. The second-order valence-electron chi connectivity index (χ2n) is 3.72. The van der Waals surface area contributed by atoms with Gasteiger partial charge in [-0.3, -0.25) is 9.59 Å². The Kier molecular flexibility index (Phi) is 1.13. The Balaban J connectivity index is 2.11. The summed E-state index contributed by atoms with van der Waals surface area (Å²) in [6.07, 6.45) is 0.545. The maximum atomic E-state index is 11.5. The number of carbonyl (C=O) groups excluding carboxylic acids is 2. The lowest BCUT2D eigenvalue weighted by atomic mass is 9.90. The lowest BCUT2D eigenvalue weighted by Gasteiger charge is -2.17. The molecule has 1 saturated heterocycles. The van der Waals surface area contributed by atoms with E-state index >= 15 is 0 Å². The quantitative estimate of drug-likeness (QED) is 0.450. The van der Waals surface area contributed by atoms with E-state index in [-0.39, 0.29) is 40.4 Å². The zero-order chi connectivity index (χ0) is 8.46. The van der Waals surface area contributed by atoms with Crippen LogP contribution < -0.4 is 0 Å². The van der Waals surface area contributed by atoms with Gasteiger partial charge in [-0.05, 0) is 6.42 Å². The Morgan fingerprint density at radius 1 is 1.33 bits per heavy atom. The van der Waals surface area contributed by atoms with Gasteiger partial charge in [0.15, 0.2) is 0 Å². The van der Waals surface area contributed by atoms with Gasteiger partial charge in [0.05, 0.1) is 16.7 Å². The number of fused-ring (bicyclic) bond motifs is 1. The summed E-state index contributed by atoms with van der Waals surface area (Å²) < 4.78 is 5.12. The third-order valence-electron chi connectivity index (χ3n) is 3.24. The van der Waals surface area contributed by atoms with E-state index in [1.54, 1.807) is 0 Å². The van der Waals surface area contributed by atoms with E-state index in [9.17, 15) is 9.59 Å². The highest BCUT2D eigenvalue weighted by atomic mass is 79.9. The molecule has 0 aromatic carbocycles. The molecule has 5 atom stereocenters. The highest BCUT2D eigenvalue weighted by Gasteiger charge is 2.66. The number of hydrogen-bond acceptors (Lipinski definition) is 3. The van der Waals surface area contributed by atoms with E-state index in [1.807, 2.05) is 0 Å². The number of rotatable bonds is 0. The lowest BCUT2D eigenvalue weighted by molar-refractivity contribution is -0.143. The SMILES string of the molecule is O=C1[C@H]2[C@@H]3OC(=O)[C@@H]2C[C@H]1[C@@H]3Br. The van der Waals surface area contributed by atoms with Crippen molar-refractivity contribution in [3.8, 4) is 0 Å². The van der Waals surface area contributed by atoms with Crippen molar-refractivity contribution >= 4 is 27.7 Å². The van der Waals surface area contributed by atoms with Gasteiger partial charge in [0, 0.05) is 5.92 Å². The molecule has 2 bridgehead atoms. The number of carbonyl (C=O) groups is 2. The number of alkyl halides is 1. The van der Waals surface area contributed by atoms with Gasteiger partial charge in [-0.1, -0.05) is 15.9 Å². The molecule has 12 heavy (non-hydrogen) atoms. The maximum Gasteiger partial charge on any atom is 0.310 e. The molecule has 0 amide bonds. The van der Waals surface area contributed by atoms with Gasteiger partial charge in [-0.2, -0.15) is 0 Å². The highest BCUT2D eigenvalue weighted by Crippen LogP contribution is 2.54. The molecule has 2 aliphatic carbocycles. The van der Waals surface area contributed by atoms with E-state index in [4.69, 9.17) is 4.74 Å². The minimum atomic E-state index is -0.164. The molecule has 3 rings (SSSR count). The minimum Gasteiger partial charge on any atom is -0.460 e. The Hall–Kier alpha value is -0.380. The van der Waals surface area contributed by atoms with Crippen molar-refractivity contribution in [1.29, 1.82) is 0 Å². The largest absolute Gasteiger partial charge is 0.460 e. The van der Waals surface area contributed by atoms with Crippen LogP contribution in [0, 0.1) is 17.8 Å². The summed E-state index contributed by atoms with van der Waals surface area (Å²) in [6.45, 7) is 0. The Morgan fingerprint density at radius 2 is 2.08 bits per heavy atom. The molecule has 1 aliphatic heterocycles. The first-order chi connectivity index (χ1) is 5.70. The summed E-state index contributed by atoms with van der Waals surface area (Å²) in [6, 6.07) is 0. The summed E-state index contributed by atoms with van der Waals surface area (Å²) in [5.41, 5.74) is 0. The number of hydrogen-bond donors (Lipinski definition) is 0. The Morgan fingerprint density at radius 3 is 2.67 bits per heavy atom. The molecule has 0 N–H and O–H groups in total. The zero-order valence-corrected chi connectivity index (χ0v) is 7.78. The van der Waals surface area contributed by atoms with Crippen LogP contribution in [0.25, 0.3) is 0 Å².